The molecule has 0 bridgehead atoms. The van der Waals surface area contributed by atoms with E-state index in [0.29, 0.717) is 23.1 Å². The first-order chi connectivity index (χ1) is 17.9. The fourth-order valence-corrected chi connectivity index (χ4v) is 5.80. The number of pyridine rings is 1. The number of aromatic amines is 1. The summed E-state index contributed by atoms with van der Waals surface area (Å²) in [4.78, 5) is 31.3. The smallest absolute Gasteiger partial charge is 0.253 e. The Kier molecular flexibility index (Phi) is 9.28. The molecule has 1 atom stereocenters. The van der Waals surface area contributed by atoms with Gasteiger partial charge in [-0.3, -0.25) is 9.59 Å². The lowest BCUT2D eigenvalue weighted by atomic mass is 9.86. The van der Waals surface area contributed by atoms with Gasteiger partial charge < -0.3 is 25.3 Å². The maximum atomic E-state index is 13.5. The Bertz CT molecular complexity index is 1160. The van der Waals surface area contributed by atoms with Gasteiger partial charge in [-0.15, -0.1) is 0 Å². The lowest BCUT2D eigenvalue weighted by Gasteiger charge is -2.40. The van der Waals surface area contributed by atoms with Crippen LogP contribution in [0.1, 0.15) is 62.8 Å². The zero-order valence-electron chi connectivity index (χ0n) is 22.8. The number of nitrogens with one attached hydrogen (secondary N) is 3. The summed E-state index contributed by atoms with van der Waals surface area (Å²) < 4.78 is 5.62. The number of allylic oxidation sites excluding steroid dienone is 2. The topological polar surface area (TPSA) is 86.5 Å². The van der Waals surface area contributed by atoms with Crippen molar-refractivity contribution in [1.29, 1.82) is 0 Å². The Morgan fingerprint density at radius 3 is 2.54 bits per heavy atom. The molecular formula is C30H42N4O3. The Morgan fingerprint density at radius 1 is 1.14 bits per heavy atom. The van der Waals surface area contributed by atoms with Crippen LogP contribution < -0.4 is 16.2 Å². The van der Waals surface area contributed by atoms with Crippen LogP contribution in [0.15, 0.2) is 33.8 Å². The van der Waals surface area contributed by atoms with Crippen LogP contribution in [0.5, 0.6) is 0 Å². The number of hydrogen-bond donors (Lipinski definition) is 3. The zero-order chi connectivity index (χ0) is 26.4. The van der Waals surface area contributed by atoms with Crippen molar-refractivity contribution >= 4 is 5.91 Å². The summed E-state index contributed by atoms with van der Waals surface area (Å²) in [7, 11) is 0. The number of amides is 1. The highest BCUT2D eigenvalue weighted by atomic mass is 16.5. The summed E-state index contributed by atoms with van der Waals surface area (Å²) in [6.45, 7) is 12.7. The van der Waals surface area contributed by atoms with Gasteiger partial charge in [0.25, 0.3) is 11.5 Å². The third-order valence-corrected chi connectivity index (χ3v) is 7.91. The van der Waals surface area contributed by atoms with Gasteiger partial charge in [-0.2, -0.15) is 0 Å². The number of aromatic nitrogens is 1. The molecule has 3 aliphatic rings. The van der Waals surface area contributed by atoms with E-state index in [4.69, 9.17) is 4.74 Å². The molecule has 2 aliphatic heterocycles. The van der Waals surface area contributed by atoms with Gasteiger partial charge in [-0.25, -0.2) is 0 Å². The highest BCUT2D eigenvalue weighted by molar-refractivity contribution is 5.98. The molecule has 0 spiro atoms. The van der Waals surface area contributed by atoms with Crippen molar-refractivity contribution in [3.05, 3.63) is 56.2 Å². The molecule has 2 fully saturated rings. The summed E-state index contributed by atoms with van der Waals surface area (Å²) >= 11 is 0. The van der Waals surface area contributed by atoms with Gasteiger partial charge in [0.2, 0.25) is 0 Å². The van der Waals surface area contributed by atoms with Gasteiger partial charge in [0.05, 0.1) is 0 Å². The first-order valence-corrected chi connectivity index (χ1v) is 13.8. The van der Waals surface area contributed by atoms with E-state index in [9.17, 15) is 9.59 Å². The minimum Gasteiger partial charge on any atom is -0.381 e. The molecule has 200 valence electrons. The summed E-state index contributed by atoms with van der Waals surface area (Å²) in [6.07, 6.45) is 7.01. The van der Waals surface area contributed by atoms with Crippen LogP contribution in [0.2, 0.25) is 0 Å². The lowest BCUT2D eigenvalue weighted by molar-refractivity contribution is -0.117. The van der Waals surface area contributed by atoms with Gasteiger partial charge in [0, 0.05) is 73.1 Å². The normalized spacial score (nSPS) is 21.2. The number of carbonyl (C=O) groups is 1. The minimum atomic E-state index is -0.147. The van der Waals surface area contributed by atoms with Crippen molar-refractivity contribution in [2.45, 2.75) is 72.4 Å². The number of aryl methyl sites for hydroxylation is 2. The van der Waals surface area contributed by atoms with Crippen LogP contribution in [0.25, 0.3) is 0 Å². The van der Waals surface area contributed by atoms with Crippen LogP contribution in [0.3, 0.4) is 0 Å². The molecule has 0 aromatic carbocycles. The van der Waals surface area contributed by atoms with Crippen LogP contribution in [0.4, 0.5) is 0 Å². The molecule has 4 rings (SSSR count). The second kappa shape index (κ2) is 12.6. The van der Waals surface area contributed by atoms with E-state index in [0.717, 1.165) is 81.8 Å². The Hall–Kier alpha value is -2.82. The molecule has 3 heterocycles. The molecule has 7 heteroatoms. The number of piperidine rings is 1. The van der Waals surface area contributed by atoms with E-state index in [1.807, 2.05) is 26.0 Å². The van der Waals surface area contributed by atoms with Crippen molar-refractivity contribution in [1.82, 2.24) is 20.5 Å². The highest BCUT2D eigenvalue weighted by Gasteiger charge is 2.30. The number of ether oxygens (including phenoxy) is 1. The van der Waals surface area contributed by atoms with E-state index in [2.05, 4.69) is 46.2 Å². The predicted molar refractivity (Wildman–Crippen MR) is 147 cm³/mol. The first kappa shape index (κ1) is 27.2. The predicted octanol–water partition coefficient (Wildman–Crippen LogP) is 3.33. The molecule has 2 saturated heterocycles. The van der Waals surface area contributed by atoms with E-state index >= 15 is 0 Å². The number of hydrogen-bond acceptors (Lipinski definition) is 5. The van der Waals surface area contributed by atoms with Crippen LogP contribution in [0, 0.1) is 37.5 Å². The molecule has 0 saturated carbocycles. The molecule has 37 heavy (non-hydrogen) atoms. The SMILES string of the molecule is CCN(C1=C(C)C(C(=O)NCc2c(C)cc(C)[nH]c2=O)=CC(C#CC2CCNCC2)C1)C1CCOCC1. The quantitative estimate of drug-likeness (QED) is 0.516. The Morgan fingerprint density at radius 2 is 1.86 bits per heavy atom. The number of H-pyrrole nitrogens is 1. The largest absolute Gasteiger partial charge is 0.381 e. The fraction of sp³-hybridized carbons (Fsp3) is 0.600. The summed E-state index contributed by atoms with van der Waals surface area (Å²) in [5.74, 6) is 7.32. The fourth-order valence-electron chi connectivity index (χ4n) is 5.80. The highest BCUT2D eigenvalue weighted by Crippen LogP contribution is 2.34. The van der Waals surface area contributed by atoms with Crippen LogP contribution in [-0.2, 0) is 16.1 Å². The maximum absolute atomic E-state index is 13.5. The molecule has 1 aromatic heterocycles. The van der Waals surface area contributed by atoms with Crippen molar-refractivity contribution in [3.8, 4) is 11.8 Å². The number of carbonyl (C=O) groups excluding carboxylic acids is 1. The van der Waals surface area contributed by atoms with Crippen molar-refractivity contribution in [2.75, 3.05) is 32.8 Å². The molecule has 1 aromatic rings. The summed E-state index contributed by atoms with van der Waals surface area (Å²) in [6, 6.07) is 2.35. The average Bonchev–Trinajstić information content (AvgIpc) is 2.89. The van der Waals surface area contributed by atoms with E-state index in [1.165, 1.54) is 5.70 Å². The first-order valence-electron chi connectivity index (χ1n) is 13.8. The number of nitrogens with zero attached hydrogens (tertiary/aromatic N) is 1. The molecule has 0 radical (unpaired) electrons. The van der Waals surface area contributed by atoms with Crippen molar-refractivity contribution in [2.24, 2.45) is 11.8 Å². The molecular weight excluding hydrogens is 464 g/mol. The lowest BCUT2D eigenvalue weighted by Crippen LogP contribution is -2.41. The molecule has 1 unspecified atom stereocenters. The number of rotatable bonds is 6. The van der Waals surface area contributed by atoms with Crippen LogP contribution in [-0.4, -0.2) is 54.7 Å². The molecule has 1 amide bonds. The Labute approximate surface area is 221 Å². The van der Waals surface area contributed by atoms with E-state index < -0.39 is 0 Å². The van der Waals surface area contributed by atoms with Gasteiger partial charge in [0.1, 0.15) is 0 Å². The van der Waals surface area contributed by atoms with Gasteiger partial charge >= 0.3 is 0 Å². The maximum Gasteiger partial charge on any atom is 0.253 e. The van der Waals surface area contributed by atoms with Gasteiger partial charge in [-0.1, -0.05) is 17.9 Å². The molecule has 1 aliphatic carbocycles. The minimum absolute atomic E-state index is 0.00672. The van der Waals surface area contributed by atoms with Crippen LogP contribution >= 0.6 is 0 Å². The standard InChI is InChI=1S/C30H42N4O3/c1-5-34(25-10-14-37-15-11-25)28-18-24(7-6-23-8-12-31-13-9-23)17-26(22(28)4)29(35)32-19-27-20(2)16-21(3)33-30(27)36/h16-17,23-25,31H,5,8-15,18-19H2,1-4H3,(H,32,35)(H,33,36). The average molecular weight is 507 g/mol. The second-order valence-electron chi connectivity index (χ2n) is 10.5. The van der Waals surface area contributed by atoms with E-state index in [1.54, 1.807) is 0 Å². The third kappa shape index (κ3) is 6.74. The van der Waals surface area contributed by atoms with E-state index in [-0.39, 0.29) is 23.9 Å². The van der Waals surface area contributed by atoms with Gasteiger partial charge in [0.15, 0.2) is 0 Å². The monoisotopic (exact) mass is 506 g/mol. The van der Waals surface area contributed by atoms with Crippen molar-refractivity contribution in [3.63, 3.8) is 0 Å². The zero-order valence-corrected chi connectivity index (χ0v) is 22.8. The van der Waals surface area contributed by atoms with Gasteiger partial charge in [-0.05, 0) is 83.7 Å². The Balaban J connectivity index is 1.60. The third-order valence-electron chi connectivity index (χ3n) is 7.91. The summed E-state index contributed by atoms with van der Waals surface area (Å²) in [5, 5.41) is 6.43. The molecule has 3 N–H and O–H groups in total. The molecule has 7 nitrogen and oxygen atoms in total. The van der Waals surface area contributed by atoms with Crippen molar-refractivity contribution < 1.29 is 9.53 Å². The summed E-state index contributed by atoms with van der Waals surface area (Å²) in [5.41, 5.74) is 5.06. The second-order valence-corrected chi connectivity index (χ2v) is 10.5.